The van der Waals surface area contributed by atoms with Crippen LogP contribution in [-0.2, 0) is 27.3 Å². The van der Waals surface area contributed by atoms with Gasteiger partial charge < -0.3 is 9.30 Å². The summed E-state index contributed by atoms with van der Waals surface area (Å²) >= 11 is 0. The second-order valence-electron chi connectivity index (χ2n) is 4.31. The van der Waals surface area contributed by atoms with Crippen LogP contribution in [0.2, 0.25) is 0 Å². The van der Waals surface area contributed by atoms with Crippen molar-refractivity contribution < 1.29 is 13.2 Å². The van der Waals surface area contributed by atoms with Crippen LogP contribution in [0.1, 0.15) is 25.1 Å². The molecule has 0 aliphatic heterocycles. The van der Waals surface area contributed by atoms with Gasteiger partial charge in [0.05, 0.1) is 5.60 Å². The zero-order chi connectivity index (χ0) is 12.7. The summed E-state index contributed by atoms with van der Waals surface area (Å²) in [7, 11) is 4.66. The Bertz CT molecular complexity index is 516. The summed E-state index contributed by atoms with van der Waals surface area (Å²) in [5, 5.41) is 7.25. The Hall–Kier alpha value is -0.660. The molecule has 1 saturated carbocycles. The highest BCUT2D eigenvalue weighted by molar-refractivity contribution is 8.13. The van der Waals surface area contributed by atoms with E-state index in [1.165, 1.54) is 4.57 Å². The summed E-state index contributed by atoms with van der Waals surface area (Å²) in [5.41, 5.74) is -0.214. The van der Waals surface area contributed by atoms with Crippen LogP contribution in [0, 0.1) is 0 Å². The smallest absolute Gasteiger partial charge is 0.296 e. The number of ether oxygens (including phenoxy) is 1. The van der Waals surface area contributed by atoms with Gasteiger partial charge in [-0.15, -0.1) is 10.2 Å². The molecule has 8 heteroatoms. The zero-order valence-electron chi connectivity index (χ0n) is 9.68. The fraction of sp³-hybridized carbons (Fsp3) is 0.778. The highest BCUT2D eigenvalue weighted by Gasteiger charge is 2.39. The third-order valence-corrected chi connectivity index (χ3v) is 4.53. The molecule has 0 atom stereocenters. The van der Waals surface area contributed by atoms with Crippen molar-refractivity contribution >= 4 is 19.7 Å². The van der Waals surface area contributed by atoms with Crippen molar-refractivity contribution in [2.24, 2.45) is 7.05 Å². The SMILES string of the molecule is COC1(Cc2nnc(S(=O)(=O)Cl)n2C)CCC1. The van der Waals surface area contributed by atoms with E-state index in [0.717, 1.165) is 19.3 Å². The molecule has 6 nitrogen and oxygen atoms in total. The third-order valence-electron chi connectivity index (χ3n) is 3.32. The van der Waals surface area contributed by atoms with Crippen molar-refractivity contribution in [2.45, 2.75) is 36.4 Å². The Balaban J connectivity index is 2.26. The maximum Gasteiger partial charge on any atom is 0.296 e. The molecule has 0 aromatic carbocycles. The van der Waals surface area contributed by atoms with Crippen molar-refractivity contribution in [3.05, 3.63) is 5.82 Å². The average molecular weight is 280 g/mol. The molecule has 1 aliphatic carbocycles. The fourth-order valence-corrected chi connectivity index (χ4v) is 3.00. The predicted molar refractivity (Wildman–Crippen MR) is 61.3 cm³/mol. The molecule has 1 aliphatic rings. The summed E-state index contributed by atoms with van der Waals surface area (Å²) in [6, 6.07) is 0. The van der Waals surface area contributed by atoms with Gasteiger partial charge in [0, 0.05) is 31.3 Å². The van der Waals surface area contributed by atoms with Crippen molar-refractivity contribution in [2.75, 3.05) is 7.11 Å². The first-order valence-electron chi connectivity index (χ1n) is 5.26. The zero-order valence-corrected chi connectivity index (χ0v) is 11.3. The first-order valence-corrected chi connectivity index (χ1v) is 7.57. The summed E-state index contributed by atoms with van der Waals surface area (Å²) in [6.45, 7) is 0. The summed E-state index contributed by atoms with van der Waals surface area (Å²) < 4.78 is 29.3. The molecule has 0 spiro atoms. The monoisotopic (exact) mass is 279 g/mol. The van der Waals surface area contributed by atoms with Crippen LogP contribution in [-0.4, -0.2) is 35.9 Å². The minimum absolute atomic E-state index is 0.214. The number of hydrogen-bond donors (Lipinski definition) is 0. The van der Waals surface area contributed by atoms with Gasteiger partial charge in [-0.25, -0.2) is 8.42 Å². The molecular formula is C9H14ClN3O3S. The molecule has 17 heavy (non-hydrogen) atoms. The lowest BCUT2D eigenvalue weighted by atomic mass is 9.77. The Kier molecular flexibility index (Phi) is 3.17. The van der Waals surface area contributed by atoms with Gasteiger partial charge in [-0.3, -0.25) is 0 Å². The van der Waals surface area contributed by atoms with Gasteiger partial charge in [-0.1, -0.05) is 0 Å². The predicted octanol–water partition coefficient (Wildman–Crippen LogP) is 0.854. The quantitative estimate of drug-likeness (QED) is 0.764. The molecule has 1 aromatic heterocycles. The number of aromatic nitrogens is 3. The van der Waals surface area contributed by atoms with Gasteiger partial charge in [0.15, 0.2) is 0 Å². The van der Waals surface area contributed by atoms with Crippen LogP contribution in [0.5, 0.6) is 0 Å². The molecule has 0 saturated heterocycles. The van der Waals surface area contributed by atoms with E-state index in [9.17, 15) is 8.42 Å². The second-order valence-corrected chi connectivity index (χ2v) is 6.77. The highest BCUT2D eigenvalue weighted by atomic mass is 35.7. The first-order chi connectivity index (χ1) is 7.88. The largest absolute Gasteiger partial charge is 0.378 e. The van der Waals surface area contributed by atoms with Gasteiger partial charge in [-0.2, -0.15) is 0 Å². The third kappa shape index (κ3) is 2.31. The number of nitrogens with zero attached hydrogens (tertiary/aromatic N) is 3. The lowest BCUT2D eigenvalue weighted by Crippen LogP contribution is -2.42. The van der Waals surface area contributed by atoms with Gasteiger partial charge in [0.2, 0.25) is 0 Å². The normalized spacial score (nSPS) is 19.0. The Morgan fingerprint density at radius 1 is 1.47 bits per heavy atom. The van der Waals surface area contributed by atoms with Gasteiger partial charge in [0.1, 0.15) is 5.82 Å². The number of methoxy groups -OCH3 is 1. The Morgan fingerprint density at radius 2 is 2.12 bits per heavy atom. The van der Waals surface area contributed by atoms with E-state index in [4.69, 9.17) is 15.4 Å². The van der Waals surface area contributed by atoms with E-state index in [1.54, 1.807) is 14.2 Å². The van der Waals surface area contributed by atoms with Crippen LogP contribution in [0.25, 0.3) is 0 Å². The average Bonchev–Trinajstić information content (AvgIpc) is 2.53. The Morgan fingerprint density at radius 3 is 2.47 bits per heavy atom. The van der Waals surface area contributed by atoms with Crippen molar-refractivity contribution in [3.63, 3.8) is 0 Å². The van der Waals surface area contributed by atoms with Crippen LogP contribution in [0.15, 0.2) is 5.16 Å². The second kappa shape index (κ2) is 4.22. The molecule has 0 unspecified atom stereocenters. The fourth-order valence-electron chi connectivity index (χ4n) is 2.02. The maximum atomic E-state index is 11.2. The maximum absolute atomic E-state index is 11.2. The van der Waals surface area contributed by atoms with E-state index >= 15 is 0 Å². The molecule has 0 N–H and O–H groups in total. The minimum Gasteiger partial charge on any atom is -0.378 e. The molecule has 96 valence electrons. The Labute approximate surface area is 104 Å². The van der Waals surface area contributed by atoms with E-state index in [2.05, 4.69) is 10.2 Å². The van der Waals surface area contributed by atoms with Crippen LogP contribution < -0.4 is 0 Å². The molecule has 0 bridgehead atoms. The molecular weight excluding hydrogens is 266 g/mol. The van der Waals surface area contributed by atoms with E-state index < -0.39 is 9.05 Å². The molecule has 1 aromatic rings. The molecule has 1 heterocycles. The molecule has 2 rings (SSSR count). The van der Waals surface area contributed by atoms with Crippen LogP contribution in [0.4, 0.5) is 0 Å². The number of hydrogen-bond acceptors (Lipinski definition) is 5. The highest BCUT2D eigenvalue weighted by Crippen LogP contribution is 2.37. The first kappa shape index (κ1) is 12.8. The standard InChI is InChI=1S/C9H14ClN3O3S/c1-13-7(6-9(16-2)4-3-5-9)11-12-8(13)17(10,14)15/h3-6H2,1-2H3. The summed E-state index contributed by atoms with van der Waals surface area (Å²) in [6.07, 6.45) is 3.59. The summed E-state index contributed by atoms with van der Waals surface area (Å²) in [5.74, 6) is 0.575. The lowest BCUT2D eigenvalue weighted by molar-refractivity contribution is -0.0726. The summed E-state index contributed by atoms with van der Waals surface area (Å²) in [4.78, 5) is 0. The van der Waals surface area contributed by atoms with E-state index in [-0.39, 0.29) is 10.8 Å². The topological polar surface area (TPSA) is 74.1 Å². The van der Waals surface area contributed by atoms with Gasteiger partial charge >= 0.3 is 0 Å². The van der Waals surface area contributed by atoms with Crippen molar-refractivity contribution in [1.82, 2.24) is 14.8 Å². The van der Waals surface area contributed by atoms with Gasteiger partial charge in [-0.05, 0) is 19.3 Å². The van der Waals surface area contributed by atoms with Crippen molar-refractivity contribution in [3.8, 4) is 0 Å². The molecule has 1 fully saturated rings. The number of halogens is 1. The minimum atomic E-state index is -3.84. The van der Waals surface area contributed by atoms with Crippen LogP contribution >= 0.6 is 10.7 Å². The number of rotatable bonds is 4. The molecule has 0 radical (unpaired) electrons. The lowest BCUT2D eigenvalue weighted by Gasteiger charge is -2.40. The van der Waals surface area contributed by atoms with Crippen LogP contribution in [0.3, 0.4) is 0 Å². The van der Waals surface area contributed by atoms with Crippen molar-refractivity contribution in [1.29, 1.82) is 0 Å². The van der Waals surface area contributed by atoms with Gasteiger partial charge in [0.25, 0.3) is 14.2 Å². The van der Waals surface area contributed by atoms with E-state index in [1.807, 2.05) is 0 Å². The van der Waals surface area contributed by atoms with E-state index in [0.29, 0.717) is 12.2 Å². The molecule has 0 amide bonds.